The molecule has 6 nitrogen and oxygen atoms in total. The van der Waals surface area contributed by atoms with Crippen LogP contribution >= 0.6 is 11.8 Å². The molecule has 0 amide bonds. The molecule has 0 radical (unpaired) electrons. The van der Waals surface area contributed by atoms with Crippen LogP contribution < -0.4 is 0 Å². The highest BCUT2D eigenvalue weighted by molar-refractivity contribution is 8.00. The molecular formula is C10H17N3O3S. The van der Waals surface area contributed by atoms with E-state index in [4.69, 9.17) is 0 Å². The molecule has 0 aliphatic carbocycles. The zero-order valence-corrected chi connectivity index (χ0v) is 11.2. The van der Waals surface area contributed by atoms with Crippen molar-refractivity contribution in [2.75, 3.05) is 0 Å². The molecule has 17 heavy (non-hydrogen) atoms. The van der Waals surface area contributed by atoms with E-state index in [0.29, 0.717) is 17.3 Å². The summed E-state index contributed by atoms with van der Waals surface area (Å²) in [6, 6.07) is 0. The normalized spacial score (nSPS) is 14.6. The van der Waals surface area contributed by atoms with E-state index in [1.54, 1.807) is 18.5 Å². The molecule has 1 rings (SSSR count). The number of aromatic nitrogens is 2. The van der Waals surface area contributed by atoms with Crippen molar-refractivity contribution >= 4 is 17.4 Å². The Bertz CT molecular complexity index is 417. The summed E-state index contributed by atoms with van der Waals surface area (Å²) in [5.74, 6) is 0. The first-order chi connectivity index (χ1) is 7.88. The monoisotopic (exact) mass is 259 g/mol. The molecule has 0 saturated carbocycles. The van der Waals surface area contributed by atoms with Crippen LogP contribution in [0.25, 0.3) is 0 Å². The number of aryl methyl sites for hydroxylation is 2. The Morgan fingerprint density at radius 1 is 1.59 bits per heavy atom. The van der Waals surface area contributed by atoms with Crippen LogP contribution in [-0.4, -0.2) is 31.2 Å². The number of thioether (sulfide) groups is 1. The van der Waals surface area contributed by atoms with Crippen molar-refractivity contribution in [1.82, 2.24) is 9.78 Å². The van der Waals surface area contributed by atoms with Gasteiger partial charge in [-0.3, -0.25) is 14.8 Å². The summed E-state index contributed by atoms with van der Waals surface area (Å²) in [5, 5.41) is 25.0. The Labute approximate surface area is 104 Å². The molecule has 0 saturated heterocycles. The third-order valence-electron chi connectivity index (χ3n) is 2.51. The lowest BCUT2D eigenvalue weighted by Crippen LogP contribution is -2.16. The molecule has 1 aromatic heterocycles. The predicted octanol–water partition coefficient (Wildman–Crippen LogP) is 1.98. The molecule has 2 unspecified atom stereocenters. The Hall–Kier alpha value is -1.08. The second-order valence-corrected chi connectivity index (χ2v) is 5.24. The van der Waals surface area contributed by atoms with E-state index in [-0.39, 0.29) is 10.9 Å². The predicted molar refractivity (Wildman–Crippen MR) is 66.3 cm³/mol. The van der Waals surface area contributed by atoms with Gasteiger partial charge < -0.3 is 5.11 Å². The van der Waals surface area contributed by atoms with Gasteiger partial charge in [-0.05, 0) is 20.8 Å². The summed E-state index contributed by atoms with van der Waals surface area (Å²) in [4.78, 5) is 10.6. The summed E-state index contributed by atoms with van der Waals surface area (Å²) in [6.07, 6.45) is -0.528. The van der Waals surface area contributed by atoms with Crippen molar-refractivity contribution in [3.05, 3.63) is 15.8 Å². The Morgan fingerprint density at radius 2 is 2.18 bits per heavy atom. The minimum atomic E-state index is -0.528. The molecule has 0 fully saturated rings. The second kappa shape index (κ2) is 5.50. The first kappa shape index (κ1) is 14.0. The van der Waals surface area contributed by atoms with Crippen molar-refractivity contribution in [3.8, 4) is 0 Å². The quantitative estimate of drug-likeness (QED) is 0.497. The van der Waals surface area contributed by atoms with Gasteiger partial charge in [-0.15, -0.1) is 0 Å². The second-order valence-electron chi connectivity index (χ2n) is 3.88. The van der Waals surface area contributed by atoms with E-state index in [9.17, 15) is 15.2 Å². The smallest absolute Gasteiger partial charge is 0.323 e. The standard InChI is InChI=1S/C10H17N3O3S/c1-5-12-10(17-8(4)7(3)14)9(13(15)16)6(2)11-12/h7-8,14H,5H2,1-4H3. The summed E-state index contributed by atoms with van der Waals surface area (Å²) >= 11 is 1.29. The molecule has 0 aliphatic heterocycles. The number of nitrogens with zero attached hydrogens (tertiary/aromatic N) is 3. The first-order valence-electron chi connectivity index (χ1n) is 5.45. The summed E-state index contributed by atoms with van der Waals surface area (Å²) in [5.41, 5.74) is 0.460. The molecule has 1 N–H and O–H groups in total. The van der Waals surface area contributed by atoms with Crippen molar-refractivity contribution in [3.63, 3.8) is 0 Å². The number of aliphatic hydroxyl groups is 1. The Morgan fingerprint density at radius 3 is 2.59 bits per heavy atom. The highest BCUT2D eigenvalue weighted by Gasteiger charge is 2.27. The average molecular weight is 259 g/mol. The summed E-state index contributed by atoms with van der Waals surface area (Å²) in [7, 11) is 0. The van der Waals surface area contributed by atoms with Crippen LogP contribution in [0.4, 0.5) is 5.69 Å². The van der Waals surface area contributed by atoms with Crippen molar-refractivity contribution < 1.29 is 10.0 Å². The van der Waals surface area contributed by atoms with E-state index in [2.05, 4.69) is 5.10 Å². The highest BCUT2D eigenvalue weighted by Crippen LogP contribution is 2.35. The zero-order chi connectivity index (χ0) is 13.2. The maximum atomic E-state index is 11.0. The lowest BCUT2D eigenvalue weighted by Gasteiger charge is -2.13. The van der Waals surface area contributed by atoms with Crippen LogP contribution in [0.1, 0.15) is 26.5 Å². The molecule has 0 aliphatic rings. The van der Waals surface area contributed by atoms with Crippen LogP contribution in [0.2, 0.25) is 0 Å². The summed E-state index contributed by atoms with van der Waals surface area (Å²) in [6.45, 7) is 7.59. The third kappa shape index (κ3) is 2.98. The average Bonchev–Trinajstić information content (AvgIpc) is 2.54. The Kier molecular flexibility index (Phi) is 4.53. The van der Waals surface area contributed by atoms with Gasteiger partial charge in [0.25, 0.3) is 0 Å². The molecular weight excluding hydrogens is 242 g/mol. The van der Waals surface area contributed by atoms with Gasteiger partial charge in [-0.1, -0.05) is 18.7 Å². The van der Waals surface area contributed by atoms with E-state index in [0.717, 1.165) is 0 Å². The van der Waals surface area contributed by atoms with Crippen molar-refractivity contribution in [2.24, 2.45) is 0 Å². The topological polar surface area (TPSA) is 81.2 Å². The SMILES string of the molecule is CCn1nc(C)c([N+](=O)[O-])c1SC(C)C(C)O. The zero-order valence-electron chi connectivity index (χ0n) is 10.4. The van der Waals surface area contributed by atoms with Crippen LogP contribution in [-0.2, 0) is 6.54 Å². The van der Waals surface area contributed by atoms with Crippen molar-refractivity contribution in [1.29, 1.82) is 0 Å². The fourth-order valence-electron chi connectivity index (χ4n) is 1.37. The fourth-order valence-corrected chi connectivity index (χ4v) is 2.54. The molecule has 0 bridgehead atoms. The number of nitro groups is 1. The van der Waals surface area contributed by atoms with Gasteiger partial charge in [0.1, 0.15) is 5.69 Å². The maximum Gasteiger partial charge on any atom is 0.323 e. The van der Waals surface area contributed by atoms with E-state index >= 15 is 0 Å². The van der Waals surface area contributed by atoms with Crippen LogP contribution in [0.5, 0.6) is 0 Å². The molecule has 2 atom stereocenters. The molecule has 7 heteroatoms. The van der Waals surface area contributed by atoms with Gasteiger partial charge in [0.15, 0.2) is 5.03 Å². The van der Waals surface area contributed by atoms with E-state index < -0.39 is 11.0 Å². The van der Waals surface area contributed by atoms with Gasteiger partial charge in [0.05, 0.1) is 11.0 Å². The molecule has 0 spiro atoms. The summed E-state index contributed by atoms with van der Waals surface area (Å²) < 4.78 is 1.61. The van der Waals surface area contributed by atoms with Gasteiger partial charge >= 0.3 is 5.69 Å². The lowest BCUT2D eigenvalue weighted by molar-refractivity contribution is -0.388. The van der Waals surface area contributed by atoms with E-state index in [1.807, 2.05) is 13.8 Å². The fraction of sp³-hybridized carbons (Fsp3) is 0.700. The Balaban J connectivity index is 3.15. The van der Waals surface area contributed by atoms with Gasteiger partial charge in [-0.2, -0.15) is 5.10 Å². The molecule has 96 valence electrons. The van der Waals surface area contributed by atoms with Gasteiger partial charge in [0.2, 0.25) is 0 Å². The molecule has 0 aromatic carbocycles. The van der Waals surface area contributed by atoms with Crippen LogP contribution in [0, 0.1) is 17.0 Å². The van der Waals surface area contributed by atoms with Crippen molar-refractivity contribution in [2.45, 2.75) is 50.6 Å². The molecule has 1 heterocycles. The number of aliphatic hydroxyl groups excluding tert-OH is 1. The first-order valence-corrected chi connectivity index (χ1v) is 6.33. The lowest BCUT2D eigenvalue weighted by atomic mass is 10.3. The highest BCUT2D eigenvalue weighted by atomic mass is 32.2. The van der Waals surface area contributed by atoms with Gasteiger partial charge in [0, 0.05) is 11.8 Å². The van der Waals surface area contributed by atoms with Gasteiger partial charge in [-0.25, -0.2) is 0 Å². The third-order valence-corrected chi connectivity index (χ3v) is 3.90. The number of hydrogen-bond acceptors (Lipinski definition) is 5. The minimum Gasteiger partial charge on any atom is -0.392 e. The largest absolute Gasteiger partial charge is 0.392 e. The number of rotatable bonds is 5. The molecule has 1 aromatic rings. The maximum absolute atomic E-state index is 11.0. The van der Waals surface area contributed by atoms with Crippen LogP contribution in [0.15, 0.2) is 5.03 Å². The van der Waals surface area contributed by atoms with E-state index in [1.165, 1.54) is 11.8 Å². The number of hydrogen-bond donors (Lipinski definition) is 1. The van der Waals surface area contributed by atoms with Crippen LogP contribution in [0.3, 0.4) is 0 Å². The minimum absolute atomic E-state index is 0.0457.